The molecule has 0 N–H and O–H groups in total. The van der Waals surface area contributed by atoms with Gasteiger partial charge in [0.25, 0.3) is 5.91 Å². The lowest BCUT2D eigenvalue weighted by atomic mass is 9.94. The van der Waals surface area contributed by atoms with Crippen LogP contribution in [0.5, 0.6) is 0 Å². The van der Waals surface area contributed by atoms with Gasteiger partial charge in [0.2, 0.25) is 0 Å². The molecule has 4 heteroatoms. The predicted molar refractivity (Wildman–Crippen MR) is 104 cm³/mol. The van der Waals surface area contributed by atoms with E-state index >= 15 is 0 Å². The highest BCUT2D eigenvalue weighted by atomic mass is 35.5. The zero-order valence-electron chi connectivity index (χ0n) is 14.5. The van der Waals surface area contributed by atoms with Crippen LogP contribution in [-0.4, -0.2) is 28.9 Å². The molecule has 2 aromatic carbocycles. The van der Waals surface area contributed by atoms with Crippen molar-refractivity contribution in [2.75, 3.05) is 13.1 Å². The van der Waals surface area contributed by atoms with Gasteiger partial charge in [-0.1, -0.05) is 48.5 Å². The lowest BCUT2D eigenvalue weighted by Gasteiger charge is -2.21. The minimum absolute atomic E-state index is 0.0661. The van der Waals surface area contributed by atoms with Crippen LogP contribution in [-0.2, 0) is 5.88 Å². The maximum atomic E-state index is 13.0. The highest BCUT2D eigenvalue weighted by molar-refractivity contribution is 6.19. The number of pyridine rings is 1. The van der Waals surface area contributed by atoms with Gasteiger partial charge in [0.1, 0.15) is 5.69 Å². The summed E-state index contributed by atoms with van der Waals surface area (Å²) in [5.41, 5.74) is 4.10. The van der Waals surface area contributed by atoms with Crippen LogP contribution in [0.25, 0.3) is 22.0 Å². The fraction of sp³-hybridized carbons (Fsp3) is 0.238. The molecule has 3 nitrogen and oxygen atoms in total. The molecule has 0 aliphatic heterocycles. The van der Waals surface area contributed by atoms with E-state index in [9.17, 15) is 4.79 Å². The molecular formula is C21H21ClN2O. The van der Waals surface area contributed by atoms with E-state index in [1.54, 1.807) is 4.90 Å². The molecule has 0 aliphatic rings. The molecule has 0 aliphatic carbocycles. The van der Waals surface area contributed by atoms with E-state index in [4.69, 9.17) is 11.6 Å². The molecule has 1 aromatic heterocycles. The van der Waals surface area contributed by atoms with Gasteiger partial charge < -0.3 is 4.90 Å². The molecule has 0 saturated carbocycles. The minimum Gasteiger partial charge on any atom is -0.338 e. The van der Waals surface area contributed by atoms with Crippen molar-refractivity contribution in [3.63, 3.8) is 0 Å². The number of carbonyl (C=O) groups is 1. The number of hydrogen-bond acceptors (Lipinski definition) is 2. The average molecular weight is 353 g/mol. The van der Waals surface area contributed by atoms with E-state index < -0.39 is 0 Å². The van der Waals surface area contributed by atoms with E-state index in [-0.39, 0.29) is 11.8 Å². The summed E-state index contributed by atoms with van der Waals surface area (Å²) in [6, 6.07) is 18.0. The number of rotatable bonds is 5. The van der Waals surface area contributed by atoms with Crippen molar-refractivity contribution in [2.24, 2.45) is 0 Å². The molecule has 3 aromatic rings. The fourth-order valence-corrected chi connectivity index (χ4v) is 3.41. The molecule has 1 heterocycles. The third-order valence-electron chi connectivity index (χ3n) is 4.44. The smallest absolute Gasteiger partial charge is 0.272 e. The molecule has 25 heavy (non-hydrogen) atoms. The number of carbonyl (C=O) groups excluding carboxylic acids is 1. The molecule has 1 amide bonds. The topological polar surface area (TPSA) is 33.2 Å². The van der Waals surface area contributed by atoms with Crippen LogP contribution in [0.3, 0.4) is 0 Å². The minimum atomic E-state index is -0.0661. The standard InChI is InChI=1S/C21H21ClN2O/c1-3-24(4-2)21(25)20-17(14-22)19(15-10-6-5-7-11-15)16-12-8-9-13-18(16)23-20/h5-13H,3-4,14H2,1-2H3. The van der Waals surface area contributed by atoms with Gasteiger partial charge in [-0.25, -0.2) is 4.98 Å². The number of hydrogen-bond donors (Lipinski definition) is 0. The van der Waals surface area contributed by atoms with Crippen molar-refractivity contribution in [1.29, 1.82) is 0 Å². The van der Waals surface area contributed by atoms with Crippen LogP contribution in [0.2, 0.25) is 0 Å². The molecule has 3 rings (SSSR count). The quantitative estimate of drug-likeness (QED) is 0.597. The van der Waals surface area contributed by atoms with Crippen molar-refractivity contribution in [2.45, 2.75) is 19.7 Å². The van der Waals surface area contributed by atoms with Crippen LogP contribution in [0.4, 0.5) is 0 Å². The number of para-hydroxylation sites is 1. The number of nitrogens with zero attached hydrogens (tertiary/aromatic N) is 2. The Balaban J connectivity index is 2.34. The Hall–Kier alpha value is -2.39. The molecule has 128 valence electrons. The number of halogens is 1. The van der Waals surface area contributed by atoms with Crippen LogP contribution < -0.4 is 0 Å². The first-order valence-electron chi connectivity index (χ1n) is 8.53. The molecule has 0 fully saturated rings. The van der Waals surface area contributed by atoms with Gasteiger partial charge in [-0.3, -0.25) is 4.79 Å². The molecule has 0 atom stereocenters. The van der Waals surface area contributed by atoms with Crippen LogP contribution >= 0.6 is 11.6 Å². The summed E-state index contributed by atoms with van der Waals surface area (Å²) in [5.74, 6) is 0.174. The third-order valence-corrected chi connectivity index (χ3v) is 4.71. The van der Waals surface area contributed by atoms with Gasteiger partial charge in [-0.2, -0.15) is 0 Å². The van der Waals surface area contributed by atoms with Crippen molar-refractivity contribution >= 4 is 28.4 Å². The maximum Gasteiger partial charge on any atom is 0.272 e. The predicted octanol–water partition coefficient (Wildman–Crippen LogP) is 5.12. The van der Waals surface area contributed by atoms with Crippen molar-refractivity contribution < 1.29 is 4.79 Å². The van der Waals surface area contributed by atoms with Gasteiger partial charge in [0.05, 0.1) is 11.4 Å². The summed E-state index contributed by atoms with van der Waals surface area (Å²) < 4.78 is 0. The Morgan fingerprint density at radius 2 is 1.64 bits per heavy atom. The Labute approximate surface area is 153 Å². The van der Waals surface area contributed by atoms with Crippen molar-refractivity contribution in [3.8, 4) is 11.1 Å². The first-order valence-corrected chi connectivity index (χ1v) is 9.06. The summed E-state index contributed by atoms with van der Waals surface area (Å²) in [6.45, 7) is 5.24. The Morgan fingerprint density at radius 3 is 2.28 bits per heavy atom. The van der Waals surface area contributed by atoms with Gasteiger partial charge in [-0.15, -0.1) is 11.6 Å². The molecule has 0 bridgehead atoms. The number of alkyl halides is 1. The van der Waals surface area contributed by atoms with Gasteiger partial charge >= 0.3 is 0 Å². The lowest BCUT2D eigenvalue weighted by molar-refractivity contribution is 0.0766. The number of amides is 1. The summed E-state index contributed by atoms with van der Waals surface area (Å²) in [7, 11) is 0. The Morgan fingerprint density at radius 1 is 1.00 bits per heavy atom. The van der Waals surface area contributed by atoms with Crippen LogP contribution in [0.1, 0.15) is 29.9 Å². The van der Waals surface area contributed by atoms with Gasteiger partial charge in [-0.05, 0) is 31.0 Å². The van der Waals surface area contributed by atoms with E-state index in [1.807, 2.05) is 68.4 Å². The van der Waals surface area contributed by atoms with Gasteiger partial charge in [0, 0.05) is 24.0 Å². The second-order valence-corrected chi connectivity index (χ2v) is 6.08. The summed E-state index contributed by atoms with van der Waals surface area (Å²) in [6.07, 6.45) is 0. The Kier molecular flexibility index (Phi) is 5.34. The number of aromatic nitrogens is 1. The summed E-state index contributed by atoms with van der Waals surface area (Å²) >= 11 is 6.31. The summed E-state index contributed by atoms with van der Waals surface area (Å²) in [4.78, 5) is 19.5. The highest BCUT2D eigenvalue weighted by Gasteiger charge is 2.23. The second kappa shape index (κ2) is 7.66. The molecule has 0 radical (unpaired) electrons. The zero-order chi connectivity index (χ0) is 17.8. The third kappa shape index (κ3) is 3.24. The molecule has 0 spiro atoms. The monoisotopic (exact) mass is 352 g/mol. The van der Waals surface area contributed by atoms with Gasteiger partial charge in [0.15, 0.2) is 0 Å². The second-order valence-electron chi connectivity index (χ2n) is 5.81. The van der Waals surface area contributed by atoms with E-state index in [1.165, 1.54) is 0 Å². The van der Waals surface area contributed by atoms with Crippen LogP contribution in [0, 0.1) is 0 Å². The first-order chi connectivity index (χ1) is 12.2. The average Bonchev–Trinajstić information content (AvgIpc) is 2.67. The largest absolute Gasteiger partial charge is 0.338 e. The fourth-order valence-electron chi connectivity index (χ4n) is 3.15. The molecule has 0 unspecified atom stereocenters. The number of fused-ring (bicyclic) bond motifs is 1. The first kappa shape index (κ1) is 17.4. The zero-order valence-corrected chi connectivity index (χ0v) is 15.3. The SMILES string of the molecule is CCN(CC)C(=O)c1nc2ccccc2c(-c2ccccc2)c1CCl. The lowest BCUT2D eigenvalue weighted by Crippen LogP contribution is -2.32. The van der Waals surface area contributed by atoms with Crippen LogP contribution in [0.15, 0.2) is 54.6 Å². The molecule has 0 saturated heterocycles. The van der Waals surface area contributed by atoms with E-state index in [0.717, 1.165) is 27.6 Å². The number of benzene rings is 2. The van der Waals surface area contributed by atoms with E-state index in [0.29, 0.717) is 18.8 Å². The molecular weight excluding hydrogens is 332 g/mol. The summed E-state index contributed by atoms with van der Waals surface area (Å²) in [5, 5.41) is 1.01. The maximum absolute atomic E-state index is 13.0. The highest BCUT2D eigenvalue weighted by Crippen LogP contribution is 2.34. The Bertz CT molecular complexity index is 889. The van der Waals surface area contributed by atoms with Crippen molar-refractivity contribution in [3.05, 3.63) is 65.9 Å². The van der Waals surface area contributed by atoms with E-state index in [2.05, 4.69) is 4.98 Å². The normalized spacial score (nSPS) is 10.8. The van der Waals surface area contributed by atoms with Crippen molar-refractivity contribution in [1.82, 2.24) is 9.88 Å².